The van der Waals surface area contributed by atoms with Crippen LogP contribution in [-0.2, 0) is 9.59 Å². The summed E-state index contributed by atoms with van der Waals surface area (Å²) in [6.45, 7) is 1.81. The van der Waals surface area contributed by atoms with Crippen LogP contribution in [0.25, 0.3) is 5.76 Å². The summed E-state index contributed by atoms with van der Waals surface area (Å²) in [7, 11) is 1.43. The highest BCUT2D eigenvalue weighted by molar-refractivity contribution is 7.10. The molecule has 1 unspecified atom stereocenters. The smallest absolute Gasteiger partial charge is 0.300 e. The molecular weight excluding hydrogens is 457 g/mol. The molecule has 0 bridgehead atoms. The zero-order valence-corrected chi connectivity index (χ0v) is 18.9. The number of aliphatic hydroxyl groups excluding tert-OH is 1. The van der Waals surface area contributed by atoms with E-state index in [2.05, 4.69) is 0 Å². The van der Waals surface area contributed by atoms with Crippen molar-refractivity contribution in [2.24, 2.45) is 0 Å². The number of nitrogens with zero attached hydrogens (tertiary/aromatic N) is 1. The van der Waals surface area contributed by atoms with Gasteiger partial charge in [0.1, 0.15) is 17.6 Å². The molecule has 1 saturated heterocycles. The molecule has 1 amide bonds. The van der Waals surface area contributed by atoms with Crippen LogP contribution in [0.1, 0.15) is 22.0 Å². The lowest BCUT2D eigenvalue weighted by atomic mass is 9.98. The maximum atomic E-state index is 13.2. The number of aryl methyl sites for hydroxylation is 1. The molecule has 0 aliphatic carbocycles. The zero-order chi connectivity index (χ0) is 22.3. The third-order valence-corrected chi connectivity index (χ3v) is 6.43. The van der Waals surface area contributed by atoms with Gasteiger partial charge in [0.15, 0.2) is 0 Å². The summed E-state index contributed by atoms with van der Waals surface area (Å²) in [5.74, 6) is -1.66. The van der Waals surface area contributed by atoms with Crippen LogP contribution in [0.5, 0.6) is 5.75 Å². The number of hydrogen-bond acceptors (Lipinski definition) is 5. The Kier molecular flexibility index (Phi) is 5.79. The topological polar surface area (TPSA) is 66.8 Å². The summed E-state index contributed by atoms with van der Waals surface area (Å²) in [6.07, 6.45) is 0. The van der Waals surface area contributed by atoms with Crippen LogP contribution in [0, 0.1) is 6.92 Å². The molecule has 31 heavy (non-hydrogen) atoms. The van der Waals surface area contributed by atoms with Crippen molar-refractivity contribution < 1.29 is 19.4 Å². The fraction of sp³-hybridized carbons (Fsp3) is 0.130. The van der Waals surface area contributed by atoms with Gasteiger partial charge in [0.2, 0.25) is 0 Å². The van der Waals surface area contributed by atoms with Gasteiger partial charge in [-0.25, -0.2) is 0 Å². The summed E-state index contributed by atoms with van der Waals surface area (Å²) < 4.78 is 5.38. The van der Waals surface area contributed by atoms with E-state index in [0.717, 1.165) is 10.4 Å². The number of carbonyl (C=O) groups excluding carboxylic acids is 2. The van der Waals surface area contributed by atoms with E-state index in [-0.39, 0.29) is 22.6 Å². The predicted octanol–water partition coefficient (Wildman–Crippen LogP) is 6.00. The zero-order valence-electron chi connectivity index (χ0n) is 16.6. The van der Waals surface area contributed by atoms with Crippen molar-refractivity contribution in [1.82, 2.24) is 0 Å². The predicted molar refractivity (Wildman–Crippen MR) is 123 cm³/mol. The van der Waals surface area contributed by atoms with E-state index in [9.17, 15) is 14.7 Å². The molecule has 2 heterocycles. The Balaban J connectivity index is 1.99. The van der Waals surface area contributed by atoms with Crippen molar-refractivity contribution in [2.75, 3.05) is 12.0 Å². The third-order valence-electron chi connectivity index (χ3n) is 4.99. The van der Waals surface area contributed by atoms with E-state index in [4.69, 9.17) is 27.9 Å². The van der Waals surface area contributed by atoms with Crippen molar-refractivity contribution in [3.63, 3.8) is 0 Å². The number of amides is 1. The monoisotopic (exact) mass is 473 g/mol. The molecular formula is C23H17Cl2NO4S. The molecule has 3 aromatic rings. The van der Waals surface area contributed by atoms with Gasteiger partial charge in [-0.05, 0) is 54.3 Å². The standard InChI is InChI=1S/C23H17Cl2NO4S/c1-12-9-15(22(30-2)16(25)10-12)20(27)18-19(17-7-4-8-31-17)26(23(29)21(18)28)14-6-3-5-13(24)11-14/h3-11,19,27H,1-2H3/b20-18-. The van der Waals surface area contributed by atoms with E-state index in [0.29, 0.717) is 15.7 Å². The highest BCUT2D eigenvalue weighted by atomic mass is 35.5. The summed E-state index contributed by atoms with van der Waals surface area (Å²) in [4.78, 5) is 28.3. The number of halogens is 2. The van der Waals surface area contributed by atoms with Crippen LogP contribution in [0.15, 0.2) is 59.5 Å². The van der Waals surface area contributed by atoms with Crippen molar-refractivity contribution in [3.05, 3.63) is 85.5 Å². The van der Waals surface area contributed by atoms with Crippen LogP contribution < -0.4 is 9.64 Å². The Hall–Kier alpha value is -2.80. The number of benzene rings is 2. The fourth-order valence-electron chi connectivity index (χ4n) is 3.70. The van der Waals surface area contributed by atoms with Crippen molar-refractivity contribution in [1.29, 1.82) is 0 Å². The summed E-state index contributed by atoms with van der Waals surface area (Å²) >= 11 is 13.8. The number of hydrogen-bond donors (Lipinski definition) is 1. The second kappa shape index (κ2) is 8.38. The minimum atomic E-state index is -0.817. The molecule has 4 rings (SSSR count). The number of aliphatic hydroxyl groups is 1. The molecule has 1 N–H and O–H groups in total. The molecule has 0 radical (unpaired) electrons. The van der Waals surface area contributed by atoms with Gasteiger partial charge in [0.05, 0.1) is 23.3 Å². The molecule has 8 heteroatoms. The SMILES string of the molecule is COc1c(Cl)cc(C)cc1/C(O)=C1/C(=O)C(=O)N(c2cccc(Cl)c2)C1c1cccs1. The maximum Gasteiger partial charge on any atom is 0.300 e. The van der Waals surface area contributed by atoms with E-state index in [1.54, 1.807) is 36.4 Å². The molecule has 1 aromatic heterocycles. The minimum Gasteiger partial charge on any atom is -0.507 e. The molecule has 0 spiro atoms. The van der Waals surface area contributed by atoms with Gasteiger partial charge in [0.25, 0.3) is 11.7 Å². The molecule has 158 valence electrons. The molecule has 5 nitrogen and oxygen atoms in total. The first kappa shape index (κ1) is 21.4. The Morgan fingerprint density at radius 1 is 1.13 bits per heavy atom. The molecule has 2 aromatic carbocycles. The van der Waals surface area contributed by atoms with Crippen LogP contribution in [0.2, 0.25) is 10.0 Å². The summed E-state index contributed by atoms with van der Waals surface area (Å²) in [5.41, 5.74) is 1.44. The summed E-state index contributed by atoms with van der Waals surface area (Å²) in [6, 6.07) is 12.9. The van der Waals surface area contributed by atoms with Gasteiger partial charge in [0, 0.05) is 15.6 Å². The average Bonchev–Trinajstić information content (AvgIpc) is 3.34. The van der Waals surface area contributed by atoms with Crippen LogP contribution in [0.4, 0.5) is 5.69 Å². The first-order valence-electron chi connectivity index (χ1n) is 9.28. The maximum absolute atomic E-state index is 13.2. The van der Waals surface area contributed by atoms with Crippen molar-refractivity contribution >= 4 is 57.7 Å². The molecule has 1 aliphatic heterocycles. The first-order chi connectivity index (χ1) is 14.8. The summed E-state index contributed by atoms with van der Waals surface area (Å²) in [5, 5.41) is 13.8. The average molecular weight is 474 g/mol. The molecule has 1 aliphatic rings. The number of ketones is 1. The largest absolute Gasteiger partial charge is 0.507 e. The third kappa shape index (κ3) is 3.71. The van der Waals surface area contributed by atoms with Gasteiger partial charge in [-0.2, -0.15) is 0 Å². The lowest BCUT2D eigenvalue weighted by molar-refractivity contribution is -0.132. The van der Waals surface area contributed by atoms with E-state index in [1.165, 1.54) is 23.3 Å². The lowest BCUT2D eigenvalue weighted by Gasteiger charge is -2.24. The highest BCUT2D eigenvalue weighted by Crippen LogP contribution is 2.45. The van der Waals surface area contributed by atoms with Crippen molar-refractivity contribution in [2.45, 2.75) is 13.0 Å². The van der Waals surface area contributed by atoms with Gasteiger partial charge >= 0.3 is 0 Å². The van der Waals surface area contributed by atoms with Gasteiger partial charge < -0.3 is 9.84 Å². The molecule has 1 fully saturated rings. The number of Topliss-reactive ketones (excluding diaryl/α,β-unsaturated/α-hetero) is 1. The quantitative estimate of drug-likeness (QED) is 0.286. The van der Waals surface area contributed by atoms with E-state index >= 15 is 0 Å². The molecule has 0 saturated carbocycles. The van der Waals surface area contributed by atoms with E-state index < -0.39 is 17.7 Å². The fourth-order valence-corrected chi connectivity index (χ4v) is 5.06. The van der Waals surface area contributed by atoms with Gasteiger partial charge in [-0.1, -0.05) is 35.3 Å². The van der Waals surface area contributed by atoms with Crippen LogP contribution >= 0.6 is 34.5 Å². The van der Waals surface area contributed by atoms with Gasteiger partial charge in [-0.15, -0.1) is 11.3 Å². The number of rotatable bonds is 4. The van der Waals surface area contributed by atoms with Crippen LogP contribution in [0.3, 0.4) is 0 Å². The Morgan fingerprint density at radius 3 is 2.55 bits per heavy atom. The number of anilines is 1. The van der Waals surface area contributed by atoms with Crippen molar-refractivity contribution in [3.8, 4) is 5.75 Å². The number of thiophene rings is 1. The number of carbonyl (C=O) groups is 2. The minimum absolute atomic E-state index is 0.0348. The lowest BCUT2D eigenvalue weighted by Crippen LogP contribution is -2.29. The normalized spacial score (nSPS) is 17.9. The molecule has 1 atom stereocenters. The van der Waals surface area contributed by atoms with E-state index in [1.807, 2.05) is 24.4 Å². The second-order valence-electron chi connectivity index (χ2n) is 6.99. The Morgan fingerprint density at radius 2 is 1.90 bits per heavy atom. The number of ether oxygens (including phenoxy) is 1. The Labute approximate surface area is 193 Å². The second-order valence-corrected chi connectivity index (χ2v) is 8.81. The van der Waals surface area contributed by atoms with Crippen LogP contribution in [-0.4, -0.2) is 23.9 Å². The highest BCUT2D eigenvalue weighted by Gasteiger charge is 2.47. The van der Waals surface area contributed by atoms with Gasteiger partial charge in [-0.3, -0.25) is 14.5 Å². The first-order valence-corrected chi connectivity index (χ1v) is 10.9. The Bertz CT molecular complexity index is 1220. The number of methoxy groups -OCH3 is 1.